The van der Waals surface area contributed by atoms with E-state index in [1.807, 2.05) is 6.07 Å². The number of carbonyl (C=O) groups is 1. The second-order valence-electron chi connectivity index (χ2n) is 7.61. The van der Waals surface area contributed by atoms with Crippen molar-refractivity contribution in [2.45, 2.75) is 32.3 Å². The molecule has 2 heterocycles. The molecule has 2 aromatic carbocycles. The molecule has 172 valence electrons. The van der Waals surface area contributed by atoms with Crippen LogP contribution in [0, 0.1) is 11.8 Å². The first-order chi connectivity index (χ1) is 16.4. The minimum atomic E-state index is -2.52. The second kappa shape index (κ2) is 10.1. The van der Waals surface area contributed by atoms with Gasteiger partial charge in [0.05, 0.1) is 12.3 Å². The fourth-order valence-corrected chi connectivity index (χ4v) is 3.64. The first-order valence-corrected chi connectivity index (χ1v) is 10.5. The Kier molecular flexibility index (Phi) is 6.83. The largest absolute Gasteiger partial charge is 0.489 e. The number of ether oxygens (including phenoxy) is 1. The van der Waals surface area contributed by atoms with E-state index in [4.69, 9.17) is 9.84 Å². The number of alkyl halides is 2. The van der Waals surface area contributed by atoms with Crippen LogP contribution < -0.4 is 4.74 Å². The van der Waals surface area contributed by atoms with Crippen molar-refractivity contribution in [2.75, 3.05) is 0 Å². The van der Waals surface area contributed by atoms with Crippen molar-refractivity contribution in [3.05, 3.63) is 83.8 Å². The zero-order chi connectivity index (χ0) is 24.1. The van der Waals surface area contributed by atoms with Gasteiger partial charge in [-0.3, -0.25) is 4.79 Å². The number of halogens is 2. The van der Waals surface area contributed by atoms with Gasteiger partial charge in [0.25, 0.3) is 6.43 Å². The quantitative estimate of drug-likeness (QED) is 0.351. The van der Waals surface area contributed by atoms with Crippen molar-refractivity contribution >= 4 is 11.6 Å². The minimum Gasteiger partial charge on any atom is -0.489 e. The summed E-state index contributed by atoms with van der Waals surface area (Å²) in [5, 5.41) is 13.3. The van der Waals surface area contributed by atoms with Gasteiger partial charge in [-0.15, -0.1) is 5.92 Å². The van der Waals surface area contributed by atoms with E-state index in [1.54, 1.807) is 54.0 Å². The Morgan fingerprint density at radius 2 is 1.79 bits per heavy atom. The Balaban J connectivity index is 1.54. The summed E-state index contributed by atoms with van der Waals surface area (Å²) in [6.07, 6.45) is 0.636. The molecule has 34 heavy (non-hydrogen) atoms. The van der Waals surface area contributed by atoms with E-state index >= 15 is 0 Å². The number of aliphatic carboxylic acids is 1. The highest BCUT2D eigenvalue weighted by Gasteiger charge is 2.14. The van der Waals surface area contributed by atoms with Gasteiger partial charge in [-0.1, -0.05) is 42.3 Å². The standard InChI is InChI=1S/C26H21F2N3O3/c1-2-3-20(13-24(32)33)17-8-10-23(11-9-17)34-15-22-12-21(14-31-26(22)29-16-30-31)18-4-6-19(7-5-18)25(27)28/h4-12,14,16,20,25H,13,15H2,1H3,(H,32,33). The van der Waals surface area contributed by atoms with E-state index in [2.05, 4.69) is 21.9 Å². The van der Waals surface area contributed by atoms with Gasteiger partial charge in [0, 0.05) is 22.9 Å². The van der Waals surface area contributed by atoms with Crippen molar-refractivity contribution in [2.24, 2.45) is 0 Å². The molecule has 0 fully saturated rings. The number of aromatic nitrogens is 3. The number of hydrogen-bond acceptors (Lipinski definition) is 4. The van der Waals surface area contributed by atoms with Crippen LogP contribution in [0.5, 0.6) is 5.75 Å². The Labute approximate surface area is 194 Å². The molecular weight excluding hydrogens is 440 g/mol. The van der Waals surface area contributed by atoms with Crippen LogP contribution in [0.2, 0.25) is 0 Å². The third kappa shape index (κ3) is 5.21. The Morgan fingerprint density at radius 3 is 2.44 bits per heavy atom. The summed E-state index contributed by atoms with van der Waals surface area (Å²) in [6, 6.07) is 15.2. The summed E-state index contributed by atoms with van der Waals surface area (Å²) in [5.41, 5.74) is 3.74. The molecule has 1 N–H and O–H groups in total. The molecule has 4 rings (SSSR count). The van der Waals surface area contributed by atoms with Crippen LogP contribution in [0.1, 0.15) is 42.4 Å². The van der Waals surface area contributed by atoms with Crippen LogP contribution >= 0.6 is 0 Å². The summed E-state index contributed by atoms with van der Waals surface area (Å²) in [5.74, 6) is 5.01. The average molecular weight is 461 g/mol. The first kappa shape index (κ1) is 22.9. The van der Waals surface area contributed by atoms with Crippen molar-refractivity contribution in [3.63, 3.8) is 0 Å². The van der Waals surface area contributed by atoms with E-state index in [9.17, 15) is 13.6 Å². The maximum Gasteiger partial charge on any atom is 0.304 e. The van der Waals surface area contributed by atoms with Crippen molar-refractivity contribution in [1.82, 2.24) is 14.6 Å². The average Bonchev–Trinajstić information content (AvgIpc) is 3.31. The molecule has 0 bridgehead atoms. The molecule has 1 unspecified atom stereocenters. The van der Waals surface area contributed by atoms with Crippen LogP contribution in [0.4, 0.5) is 8.78 Å². The number of benzene rings is 2. The molecule has 2 aromatic heterocycles. The van der Waals surface area contributed by atoms with Crippen molar-refractivity contribution in [3.8, 4) is 28.7 Å². The lowest BCUT2D eigenvalue weighted by atomic mass is 9.96. The topological polar surface area (TPSA) is 76.7 Å². The fraction of sp³-hybridized carbons (Fsp3) is 0.192. The Morgan fingerprint density at radius 1 is 1.09 bits per heavy atom. The summed E-state index contributed by atoms with van der Waals surface area (Å²) in [6.45, 7) is 1.89. The molecule has 0 aliphatic heterocycles. The molecule has 0 aliphatic rings. The number of fused-ring (bicyclic) bond motifs is 1. The predicted molar refractivity (Wildman–Crippen MR) is 123 cm³/mol. The number of hydrogen-bond donors (Lipinski definition) is 1. The lowest BCUT2D eigenvalue weighted by molar-refractivity contribution is -0.137. The van der Waals surface area contributed by atoms with Crippen LogP contribution in [-0.4, -0.2) is 25.7 Å². The molecule has 6 nitrogen and oxygen atoms in total. The molecule has 4 aromatic rings. The van der Waals surface area contributed by atoms with Crippen molar-refractivity contribution < 1.29 is 23.4 Å². The molecule has 0 spiro atoms. The molecule has 8 heteroatoms. The monoisotopic (exact) mass is 461 g/mol. The minimum absolute atomic E-state index is 0.0342. The van der Waals surface area contributed by atoms with Gasteiger partial charge in [0.1, 0.15) is 18.7 Å². The smallest absolute Gasteiger partial charge is 0.304 e. The molecule has 1 atom stereocenters. The highest BCUT2D eigenvalue weighted by Crippen LogP contribution is 2.27. The maximum atomic E-state index is 12.9. The zero-order valence-corrected chi connectivity index (χ0v) is 18.3. The van der Waals surface area contributed by atoms with Crippen LogP contribution in [0.15, 0.2) is 67.1 Å². The maximum absolute atomic E-state index is 12.9. The number of carboxylic acids is 1. The Hall–Kier alpha value is -4.25. The molecule has 0 saturated heterocycles. The van der Waals surface area contributed by atoms with Crippen LogP contribution in [-0.2, 0) is 11.4 Å². The van der Waals surface area contributed by atoms with E-state index in [-0.39, 0.29) is 24.5 Å². The zero-order valence-electron chi connectivity index (χ0n) is 18.3. The van der Waals surface area contributed by atoms with Gasteiger partial charge in [0.2, 0.25) is 0 Å². The number of carboxylic acid groups (broad SMARTS) is 1. The number of pyridine rings is 1. The van der Waals surface area contributed by atoms with E-state index in [0.29, 0.717) is 11.4 Å². The lowest BCUT2D eigenvalue weighted by Crippen LogP contribution is -2.05. The third-order valence-electron chi connectivity index (χ3n) is 5.32. The first-order valence-electron chi connectivity index (χ1n) is 10.5. The summed E-state index contributed by atoms with van der Waals surface area (Å²) >= 11 is 0. The SMILES string of the molecule is CC#CC(CC(=O)O)c1ccc(OCc2cc(-c3ccc(C(F)F)cc3)cn3ncnc23)cc1. The van der Waals surface area contributed by atoms with E-state index < -0.39 is 12.4 Å². The lowest BCUT2D eigenvalue weighted by Gasteiger charge is -2.12. The summed E-state index contributed by atoms with van der Waals surface area (Å²) < 4.78 is 33.3. The predicted octanol–water partition coefficient (Wildman–Crippen LogP) is 5.49. The normalized spacial score (nSPS) is 11.8. The van der Waals surface area contributed by atoms with Gasteiger partial charge in [-0.25, -0.2) is 18.3 Å². The molecule has 0 aliphatic carbocycles. The van der Waals surface area contributed by atoms with Gasteiger partial charge >= 0.3 is 5.97 Å². The van der Waals surface area contributed by atoms with Crippen molar-refractivity contribution in [1.29, 1.82) is 0 Å². The summed E-state index contributed by atoms with van der Waals surface area (Å²) in [4.78, 5) is 15.4. The third-order valence-corrected chi connectivity index (χ3v) is 5.32. The fourth-order valence-electron chi connectivity index (χ4n) is 3.64. The second-order valence-corrected chi connectivity index (χ2v) is 7.61. The number of nitrogens with zero attached hydrogens (tertiary/aromatic N) is 3. The molecule has 0 saturated carbocycles. The summed E-state index contributed by atoms with van der Waals surface area (Å²) in [7, 11) is 0. The van der Waals surface area contributed by atoms with Gasteiger partial charge in [-0.05, 0) is 36.2 Å². The Bertz CT molecular complexity index is 1350. The highest BCUT2D eigenvalue weighted by molar-refractivity contribution is 5.69. The molecule has 0 amide bonds. The van der Waals surface area contributed by atoms with Crippen LogP contribution in [0.25, 0.3) is 16.8 Å². The van der Waals surface area contributed by atoms with Gasteiger partial charge < -0.3 is 9.84 Å². The molecular formula is C26H21F2N3O3. The van der Waals surface area contributed by atoms with Crippen LogP contribution in [0.3, 0.4) is 0 Å². The van der Waals surface area contributed by atoms with Gasteiger partial charge in [-0.2, -0.15) is 5.10 Å². The van der Waals surface area contributed by atoms with Gasteiger partial charge in [0.15, 0.2) is 5.65 Å². The number of rotatable bonds is 8. The highest BCUT2D eigenvalue weighted by atomic mass is 19.3. The van der Waals surface area contributed by atoms with E-state index in [1.165, 1.54) is 18.5 Å². The van der Waals surface area contributed by atoms with E-state index in [0.717, 1.165) is 22.3 Å². The molecule has 0 radical (unpaired) electrons.